The summed E-state index contributed by atoms with van der Waals surface area (Å²) in [5.41, 5.74) is 0.589. The zero-order valence-electron chi connectivity index (χ0n) is 11.0. The maximum absolute atomic E-state index is 13.4. The van der Waals surface area contributed by atoms with Crippen LogP contribution in [-0.2, 0) is 16.6 Å². The van der Waals surface area contributed by atoms with Crippen molar-refractivity contribution in [1.29, 1.82) is 0 Å². The Morgan fingerprint density at radius 1 is 1.38 bits per heavy atom. The maximum Gasteiger partial charge on any atom is 0.346 e. The van der Waals surface area contributed by atoms with Crippen LogP contribution in [0.4, 0.5) is 4.39 Å². The van der Waals surface area contributed by atoms with Crippen LogP contribution < -0.4 is 4.72 Å². The standard InChI is InChI=1S/C13H12FNO4S2/c1-8-6-11(20-12(8)13(16)17)21(18,19)15-7-9-4-2-3-5-10(9)14/h2-6,15H,7H2,1H3,(H,16,17). The van der Waals surface area contributed by atoms with Crippen LogP contribution in [0.25, 0.3) is 0 Å². The lowest BCUT2D eigenvalue weighted by atomic mass is 10.2. The van der Waals surface area contributed by atoms with Crippen molar-refractivity contribution in [3.05, 3.63) is 52.2 Å². The molecule has 0 saturated heterocycles. The number of hydrogen-bond acceptors (Lipinski definition) is 4. The van der Waals surface area contributed by atoms with Crippen LogP contribution in [0.1, 0.15) is 20.8 Å². The largest absolute Gasteiger partial charge is 0.477 e. The van der Waals surface area contributed by atoms with E-state index in [-0.39, 0.29) is 21.2 Å². The van der Waals surface area contributed by atoms with Crippen LogP contribution in [0.3, 0.4) is 0 Å². The van der Waals surface area contributed by atoms with Gasteiger partial charge < -0.3 is 5.11 Å². The molecule has 0 aliphatic heterocycles. The van der Waals surface area contributed by atoms with E-state index in [1.807, 2.05) is 0 Å². The Bertz CT molecular complexity index is 783. The van der Waals surface area contributed by atoms with Crippen LogP contribution in [0.15, 0.2) is 34.5 Å². The van der Waals surface area contributed by atoms with Crippen LogP contribution in [0.2, 0.25) is 0 Å². The summed E-state index contributed by atoms with van der Waals surface area (Å²) in [5.74, 6) is -1.68. The minimum atomic E-state index is -3.87. The number of hydrogen-bond donors (Lipinski definition) is 2. The molecule has 0 radical (unpaired) electrons. The molecule has 2 N–H and O–H groups in total. The Hall–Kier alpha value is -1.77. The second-order valence-electron chi connectivity index (χ2n) is 4.30. The molecule has 2 rings (SSSR count). The number of nitrogens with one attached hydrogen (secondary N) is 1. The minimum Gasteiger partial charge on any atom is -0.477 e. The highest BCUT2D eigenvalue weighted by atomic mass is 32.2. The molecule has 0 bridgehead atoms. The van der Waals surface area contributed by atoms with E-state index in [1.165, 1.54) is 31.2 Å². The molecule has 0 atom stereocenters. The molecule has 0 fully saturated rings. The SMILES string of the molecule is Cc1cc(S(=O)(=O)NCc2ccccc2F)sc1C(=O)O. The molecule has 1 heterocycles. The van der Waals surface area contributed by atoms with Crippen LogP contribution >= 0.6 is 11.3 Å². The topological polar surface area (TPSA) is 83.5 Å². The highest BCUT2D eigenvalue weighted by Gasteiger charge is 2.21. The van der Waals surface area contributed by atoms with Crippen molar-refractivity contribution in [3.8, 4) is 0 Å². The average Bonchev–Trinajstić information content (AvgIpc) is 2.81. The fourth-order valence-electron chi connectivity index (χ4n) is 1.68. The van der Waals surface area contributed by atoms with Crippen molar-refractivity contribution in [2.75, 3.05) is 0 Å². The van der Waals surface area contributed by atoms with E-state index in [0.717, 1.165) is 0 Å². The molecule has 1 aromatic carbocycles. The predicted octanol–water partition coefficient (Wildman–Crippen LogP) is 2.37. The first-order valence-corrected chi connectivity index (χ1v) is 8.18. The van der Waals surface area contributed by atoms with Crippen molar-refractivity contribution in [2.24, 2.45) is 0 Å². The van der Waals surface area contributed by atoms with Gasteiger partial charge in [-0.05, 0) is 24.6 Å². The van der Waals surface area contributed by atoms with Gasteiger partial charge in [-0.15, -0.1) is 11.3 Å². The minimum absolute atomic E-state index is 0.0266. The van der Waals surface area contributed by atoms with Gasteiger partial charge in [0.25, 0.3) is 0 Å². The molecular formula is C13H12FNO4S2. The fourth-order valence-corrected chi connectivity index (χ4v) is 4.11. The molecule has 0 aliphatic carbocycles. The number of carboxylic acids is 1. The van der Waals surface area contributed by atoms with Gasteiger partial charge in [0.2, 0.25) is 10.0 Å². The van der Waals surface area contributed by atoms with E-state index in [0.29, 0.717) is 16.9 Å². The van der Waals surface area contributed by atoms with Crippen molar-refractivity contribution in [2.45, 2.75) is 17.7 Å². The van der Waals surface area contributed by atoms with E-state index < -0.39 is 21.8 Å². The van der Waals surface area contributed by atoms with Crippen molar-refractivity contribution < 1.29 is 22.7 Å². The number of halogens is 1. The highest BCUT2D eigenvalue weighted by molar-refractivity contribution is 7.91. The first-order chi connectivity index (χ1) is 9.81. The van der Waals surface area contributed by atoms with E-state index in [2.05, 4.69) is 4.72 Å². The van der Waals surface area contributed by atoms with Crippen LogP contribution in [-0.4, -0.2) is 19.5 Å². The van der Waals surface area contributed by atoms with Gasteiger partial charge >= 0.3 is 5.97 Å². The number of sulfonamides is 1. The van der Waals surface area contributed by atoms with Gasteiger partial charge in [0, 0.05) is 12.1 Å². The lowest BCUT2D eigenvalue weighted by Crippen LogP contribution is -2.22. The van der Waals surface area contributed by atoms with Crippen molar-refractivity contribution >= 4 is 27.3 Å². The van der Waals surface area contributed by atoms with Gasteiger partial charge in [0.1, 0.15) is 14.9 Å². The number of carbonyl (C=O) groups is 1. The number of thiophene rings is 1. The lowest BCUT2D eigenvalue weighted by Gasteiger charge is -2.05. The zero-order valence-corrected chi connectivity index (χ0v) is 12.6. The molecule has 0 unspecified atom stereocenters. The third kappa shape index (κ3) is 3.46. The smallest absolute Gasteiger partial charge is 0.346 e. The lowest BCUT2D eigenvalue weighted by molar-refractivity contribution is 0.0701. The molecule has 0 spiro atoms. The fraction of sp³-hybridized carbons (Fsp3) is 0.154. The molecule has 2 aromatic rings. The van der Waals surface area contributed by atoms with Gasteiger partial charge in [-0.3, -0.25) is 0 Å². The molecule has 1 aromatic heterocycles. The van der Waals surface area contributed by atoms with Gasteiger partial charge in [-0.2, -0.15) is 0 Å². The molecular weight excluding hydrogens is 317 g/mol. The Morgan fingerprint density at radius 2 is 2.05 bits per heavy atom. The third-order valence-electron chi connectivity index (χ3n) is 2.76. The summed E-state index contributed by atoms with van der Waals surface area (Å²) in [7, 11) is -3.87. The Balaban J connectivity index is 2.21. The summed E-state index contributed by atoms with van der Waals surface area (Å²) in [4.78, 5) is 10.9. The first kappa shape index (κ1) is 15.6. The highest BCUT2D eigenvalue weighted by Crippen LogP contribution is 2.26. The maximum atomic E-state index is 13.4. The van der Waals surface area contributed by atoms with Gasteiger partial charge in [0.05, 0.1) is 0 Å². The van der Waals surface area contributed by atoms with Gasteiger partial charge in [-0.25, -0.2) is 22.3 Å². The van der Waals surface area contributed by atoms with Gasteiger partial charge in [0.15, 0.2) is 0 Å². The summed E-state index contributed by atoms with van der Waals surface area (Å²) in [6.07, 6.45) is 0. The summed E-state index contributed by atoms with van der Waals surface area (Å²) >= 11 is 0.670. The quantitative estimate of drug-likeness (QED) is 0.882. The summed E-state index contributed by atoms with van der Waals surface area (Å²) in [6, 6.07) is 7.11. The Morgan fingerprint density at radius 3 is 2.62 bits per heavy atom. The molecule has 112 valence electrons. The van der Waals surface area contributed by atoms with Gasteiger partial charge in [-0.1, -0.05) is 18.2 Å². The van der Waals surface area contributed by atoms with Crippen molar-refractivity contribution in [1.82, 2.24) is 4.72 Å². The number of aromatic carboxylic acids is 1. The Kier molecular flexibility index (Phi) is 4.40. The van der Waals surface area contributed by atoms with Crippen LogP contribution in [0.5, 0.6) is 0 Å². The second kappa shape index (κ2) is 5.92. The van der Waals surface area contributed by atoms with Crippen LogP contribution in [0, 0.1) is 12.7 Å². The van der Waals surface area contributed by atoms with E-state index in [4.69, 9.17) is 5.11 Å². The predicted molar refractivity (Wildman–Crippen MR) is 76.4 cm³/mol. The monoisotopic (exact) mass is 329 g/mol. The number of rotatable bonds is 5. The second-order valence-corrected chi connectivity index (χ2v) is 7.34. The molecule has 0 amide bonds. The average molecular weight is 329 g/mol. The summed E-state index contributed by atoms with van der Waals surface area (Å²) in [6.45, 7) is 1.32. The summed E-state index contributed by atoms with van der Waals surface area (Å²) < 4.78 is 39.8. The molecule has 21 heavy (non-hydrogen) atoms. The molecule has 0 saturated carbocycles. The van der Waals surface area contributed by atoms with E-state index in [9.17, 15) is 17.6 Å². The molecule has 5 nitrogen and oxygen atoms in total. The zero-order chi connectivity index (χ0) is 15.6. The van der Waals surface area contributed by atoms with E-state index >= 15 is 0 Å². The first-order valence-electron chi connectivity index (χ1n) is 5.88. The number of aryl methyl sites for hydroxylation is 1. The number of carboxylic acid groups (broad SMARTS) is 1. The molecule has 0 aliphatic rings. The molecule has 8 heteroatoms. The van der Waals surface area contributed by atoms with Crippen molar-refractivity contribution in [3.63, 3.8) is 0 Å². The third-order valence-corrected chi connectivity index (χ3v) is 5.86. The number of benzene rings is 1. The normalized spacial score (nSPS) is 11.5. The Labute approximate surface area is 125 Å². The van der Waals surface area contributed by atoms with E-state index in [1.54, 1.807) is 6.07 Å². The summed E-state index contributed by atoms with van der Waals surface area (Å²) in [5, 5.41) is 8.93.